The number of amides is 2. The molecule has 2 amide bonds. The molecule has 0 radical (unpaired) electrons. The van der Waals surface area contributed by atoms with E-state index in [4.69, 9.17) is 5.73 Å². The first-order valence-electron chi connectivity index (χ1n) is 7.67. The van der Waals surface area contributed by atoms with Gasteiger partial charge in [0.15, 0.2) is 0 Å². The van der Waals surface area contributed by atoms with Crippen LogP contribution in [0.25, 0.3) is 0 Å². The molecule has 124 valence electrons. The zero-order valence-corrected chi connectivity index (χ0v) is 14.2. The zero-order valence-electron chi connectivity index (χ0n) is 13.4. The van der Waals surface area contributed by atoms with Crippen LogP contribution < -0.4 is 11.1 Å². The summed E-state index contributed by atoms with van der Waals surface area (Å²) in [7, 11) is 0. The monoisotopic (exact) mass is 319 g/mol. The fourth-order valence-electron chi connectivity index (χ4n) is 2.87. The standard InChI is InChI=1S/C15H29N3O2.ClH/c1-11(2)9-18(10-14(16)19)15(20)8-12(3)13-4-6-17-7-5-13;/h11-13,17H,4-10H2,1-3H3,(H2,16,19);1H. The third-order valence-corrected chi connectivity index (χ3v) is 3.97. The predicted octanol–water partition coefficient (Wildman–Crippen LogP) is 1.40. The Morgan fingerprint density at radius 2 is 1.81 bits per heavy atom. The van der Waals surface area contributed by atoms with Crippen LogP contribution in [0.2, 0.25) is 0 Å². The smallest absolute Gasteiger partial charge is 0.237 e. The van der Waals surface area contributed by atoms with Crippen molar-refractivity contribution in [2.45, 2.75) is 40.0 Å². The van der Waals surface area contributed by atoms with E-state index in [1.54, 1.807) is 4.90 Å². The minimum atomic E-state index is -0.437. The van der Waals surface area contributed by atoms with Crippen LogP contribution in [-0.4, -0.2) is 42.9 Å². The Labute approximate surface area is 134 Å². The fraction of sp³-hybridized carbons (Fsp3) is 0.867. The second kappa shape index (κ2) is 10.0. The molecule has 1 unspecified atom stereocenters. The number of primary amides is 1. The van der Waals surface area contributed by atoms with Crippen LogP contribution in [0.4, 0.5) is 0 Å². The Kier molecular flexibility index (Phi) is 9.62. The van der Waals surface area contributed by atoms with Crippen LogP contribution in [0, 0.1) is 17.8 Å². The maximum Gasteiger partial charge on any atom is 0.237 e. The van der Waals surface area contributed by atoms with Gasteiger partial charge in [-0.15, -0.1) is 12.4 Å². The summed E-state index contributed by atoms with van der Waals surface area (Å²) in [6.07, 6.45) is 2.79. The van der Waals surface area contributed by atoms with Gasteiger partial charge >= 0.3 is 0 Å². The molecule has 0 saturated carbocycles. The summed E-state index contributed by atoms with van der Waals surface area (Å²) in [5.74, 6) is 0.936. The van der Waals surface area contributed by atoms with Gasteiger partial charge in [0.2, 0.25) is 11.8 Å². The maximum atomic E-state index is 12.4. The number of nitrogens with two attached hydrogens (primary N) is 1. The molecule has 0 aromatic heterocycles. The summed E-state index contributed by atoms with van der Waals surface area (Å²) >= 11 is 0. The van der Waals surface area contributed by atoms with E-state index < -0.39 is 5.91 Å². The summed E-state index contributed by atoms with van der Waals surface area (Å²) in [5.41, 5.74) is 5.24. The molecule has 1 aliphatic rings. The lowest BCUT2D eigenvalue weighted by atomic mass is 9.84. The number of halogens is 1. The summed E-state index contributed by atoms with van der Waals surface area (Å²) in [6.45, 7) is 8.94. The van der Waals surface area contributed by atoms with Gasteiger partial charge in [0.1, 0.15) is 0 Å². The number of rotatable bonds is 7. The van der Waals surface area contributed by atoms with Crippen LogP contribution in [0.3, 0.4) is 0 Å². The minimum absolute atomic E-state index is 0. The van der Waals surface area contributed by atoms with Gasteiger partial charge in [-0.25, -0.2) is 0 Å². The quantitative estimate of drug-likeness (QED) is 0.745. The molecule has 0 spiro atoms. The predicted molar refractivity (Wildman–Crippen MR) is 87.2 cm³/mol. The second-order valence-corrected chi connectivity index (χ2v) is 6.40. The Morgan fingerprint density at radius 1 is 1.24 bits per heavy atom. The van der Waals surface area contributed by atoms with Gasteiger partial charge in [-0.3, -0.25) is 9.59 Å². The lowest BCUT2D eigenvalue weighted by molar-refractivity contribution is -0.136. The molecule has 1 fully saturated rings. The first-order valence-corrected chi connectivity index (χ1v) is 7.67. The van der Waals surface area contributed by atoms with Gasteiger partial charge in [0.25, 0.3) is 0 Å². The average molecular weight is 320 g/mol. The van der Waals surface area contributed by atoms with E-state index in [1.807, 2.05) is 13.8 Å². The topological polar surface area (TPSA) is 75.4 Å². The number of nitrogens with zero attached hydrogens (tertiary/aromatic N) is 1. The van der Waals surface area contributed by atoms with E-state index >= 15 is 0 Å². The van der Waals surface area contributed by atoms with Crippen molar-refractivity contribution < 1.29 is 9.59 Å². The number of hydrogen-bond acceptors (Lipinski definition) is 3. The van der Waals surface area contributed by atoms with Crippen molar-refractivity contribution in [3.63, 3.8) is 0 Å². The molecule has 0 bridgehead atoms. The molecule has 0 aromatic rings. The molecule has 6 heteroatoms. The van der Waals surface area contributed by atoms with E-state index in [2.05, 4.69) is 12.2 Å². The minimum Gasteiger partial charge on any atom is -0.368 e. The molecule has 1 saturated heterocycles. The van der Waals surface area contributed by atoms with Gasteiger partial charge in [-0.2, -0.15) is 0 Å². The number of hydrogen-bond donors (Lipinski definition) is 2. The third kappa shape index (κ3) is 7.67. The lowest BCUT2D eigenvalue weighted by Gasteiger charge is -2.30. The second-order valence-electron chi connectivity index (χ2n) is 6.40. The van der Waals surface area contributed by atoms with Gasteiger partial charge in [0, 0.05) is 13.0 Å². The molecule has 1 rings (SSSR count). The Bertz CT molecular complexity index is 331. The summed E-state index contributed by atoms with van der Waals surface area (Å²) in [5, 5.41) is 3.34. The van der Waals surface area contributed by atoms with E-state index in [0.717, 1.165) is 25.9 Å². The van der Waals surface area contributed by atoms with E-state index in [0.29, 0.717) is 30.7 Å². The Hall–Kier alpha value is -0.810. The number of nitrogens with one attached hydrogen (secondary N) is 1. The molecule has 5 nitrogen and oxygen atoms in total. The molecule has 0 aliphatic carbocycles. The highest BCUT2D eigenvalue weighted by molar-refractivity contribution is 5.85. The molecule has 21 heavy (non-hydrogen) atoms. The van der Waals surface area contributed by atoms with Crippen molar-refractivity contribution in [2.24, 2.45) is 23.5 Å². The Morgan fingerprint density at radius 3 is 2.29 bits per heavy atom. The van der Waals surface area contributed by atoms with Crippen LogP contribution in [0.5, 0.6) is 0 Å². The van der Waals surface area contributed by atoms with Gasteiger partial charge in [-0.05, 0) is 43.7 Å². The fourth-order valence-corrected chi connectivity index (χ4v) is 2.87. The molecule has 3 N–H and O–H groups in total. The molecule has 1 atom stereocenters. The first-order chi connectivity index (χ1) is 9.40. The highest BCUT2D eigenvalue weighted by Crippen LogP contribution is 2.25. The normalized spacial score (nSPS) is 17.1. The van der Waals surface area contributed by atoms with E-state index in [-0.39, 0.29) is 24.9 Å². The zero-order chi connectivity index (χ0) is 15.1. The lowest BCUT2D eigenvalue weighted by Crippen LogP contribution is -2.42. The largest absolute Gasteiger partial charge is 0.368 e. The van der Waals surface area contributed by atoms with Crippen molar-refractivity contribution in [3.05, 3.63) is 0 Å². The van der Waals surface area contributed by atoms with E-state index in [9.17, 15) is 9.59 Å². The van der Waals surface area contributed by atoms with Crippen LogP contribution in [0.15, 0.2) is 0 Å². The number of carbonyl (C=O) groups is 2. The molecule has 1 heterocycles. The Balaban J connectivity index is 0.00000400. The van der Waals surface area contributed by atoms with Crippen molar-refractivity contribution >= 4 is 24.2 Å². The van der Waals surface area contributed by atoms with Gasteiger partial charge in [0.05, 0.1) is 6.54 Å². The van der Waals surface area contributed by atoms with Crippen molar-refractivity contribution in [3.8, 4) is 0 Å². The summed E-state index contributed by atoms with van der Waals surface area (Å²) in [6, 6.07) is 0. The number of piperidine rings is 1. The van der Waals surface area contributed by atoms with Gasteiger partial charge < -0.3 is 16.0 Å². The first kappa shape index (κ1) is 20.2. The molecule has 0 aromatic carbocycles. The molecular weight excluding hydrogens is 290 g/mol. The molecule has 1 aliphatic heterocycles. The maximum absolute atomic E-state index is 12.4. The SMILES string of the molecule is CC(C)CN(CC(N)=O)C(=O)CC(C)C1CCNCC1.Cl. The highest BCUT2D eigenvalue weighted by atomic mass is 35.5. The van der Waals surface area contributed by atoms with Crippen molar-refractivity contribution in [2.75, 3.05) is 26.2 Å². The third-order valence-electron chi connectivity index (χ3n) is 3.97. The average Bonchev–Trinajstić information content (AvgIpc) is 2.37. The van der Waals surface area contributed by atoms with E-state index in [1.165, 1.54) is 0 Å². The van der Waals surface area contributed by atoms with Crippen LogP contribution >= 0.6 is 12.4 Å². The van der Waals surface area contributed by atoms with Crippen LogP contribution in [-0.2, 0) is 9.59 Å². The number of carbonyl (C=O) groups excluding carboxylic acids is 2. The van der Waals surface area contributed by atoms with Crippen molar-refractivity contribution in [1.29, 1.82) is 0 Å². The van der Waals surface area contributed by atoms with Crippen LogP contribution in [0.1, 0.15) is 40.0 Å². The highest BCUT2D eigenvalue weighted by Gasteiger charge is 2.25. The van der Waals surface area contributed by atoms with Gasteiger partial charge in [-0.1, -0.05) is 20.8 Å². The summed E-state index contributed by atoms with van der Waals surface area (Å²) in [4.78, 5) is 25.1. The summed E-state index contributed by atoms with van der Waals surface area (Å²) < 4.78 is 0. The van der Waals surface area contributed by atoms with Crippen molar-refractivity contribution in [1.82, 2.24) is 10.2 Å². The molecular formula is C15H30ClN3O2.